The van der Waals surface area contributed by atoms with Crippen molar-refractivity contribution in [3.63, 3.8) is 0 Å². The van der Waals surface area contributed by atoms with Crippen molar-refractivity contribution in [2.75, 3.05) is 20.3 Å². The van der Waals surface area contributed by atoms with Crippen LogP contribution in [0.2, 0.25) is 5.02 Å². The number of ether oxygens (including phenoxy) is 1. The van der Waals surface area contributed by atoms with Crippen molar-refractivity contribution in [3.8, 4) is 5.75 Å². The molecule has 1 rings (SSSR count). The van der Waals surface area contributed by atoms with Crippen molar-refractivity contribution >= 4 is 11.6 Å². The van der Waals surface area contributed by atoms with Crippen LogP contribution in [0.1, 0.15) is 25.8 Å². The molecule has 0 bridgehead atoms. The molecule has 0 atom stereocenters. The predicted octanol–water partition coefficient (Wildman–Crippen LogP) is 3.20. The average molecular weight is 272 g/mol. The number of rotatable bonds is 7. The molecule has 102 valence electrons. The lowest BCUT2D eigenvalue weighted by Crippen LogP contribution is -2.30. The molecular weight excluding hydrogens is 250 g/mol. The number of phenols is 1. The Morgan fingerprint density at radius 2 is 2.11 bits per heavy atom. The minimum Gasteiger partial charge on any atom is -0.506 e. The highest BCUT2D eigenvalue weighted by Crippen LogP contribution is 2.27. The summed E-state index contributed by atoms with van der Waals surface area (Å²) >= 11 is 5.86. The van der Waals surface area contributed by atoms with Gasteiger partial charge >= 0.3 is 0 Å². The van der Waals surface area contributed by atoms with E-state index in [0.717, 1.165) is 25.1 Å². The highest BCUT2D eigenvalue weighted by atomic mass is 35.5. The van der Waals surface area contributed by atoms with Crippen LogP contribution in [0.4, 0.5) is 0 Å². The van der Waals surface area contributed by atoms with Crippen molar-refractivity contribution in [3.05, 3.63) is 28.8 Å². The standard InChI is InChI=1S/C14H22ClNO2/c1-14(2,7-8-18-3)10-16-9-11-5-4-6-12(15)13(11)17/h4-6,16-17H,7-10H2,1-3H3. The molecule has 0 spiro atoms. The van der Waals surface area contributed by atoms with Crippen molar-refractivity contribution in [1.29, 1.82) is 0 Å². The van der Waals surface area contributed by atoms with Gasteiger partial charge < -0.3 is 15.2 Å². The van der Waals surface area contributed by atoms with Gasteiger partial charge in [0.15, 0.2) is 0 Å². The lowest BCUT2D eigenvalue weighted by molar-refractivity contribution is 0.150. The number of benzene rings is 1. The van der Waals surface area contributed by atoms with Gasteiger partial charge in [-0.15, -0.1) is 0 Å². The van der Waals surface area contributed by atoms with Gasteiger partial charge in [0.25, 0.3) is 0 Å². The SMILES string of the molecule is COCCC(C)(C)CNCc1cccc(Cl)c1O. The molecule has 0 aromatic heterocycles. The Balaban J connectivity index is 2.44. The first-order valence-corrected chi connectivity index (χ1v) is 6.50. The summed E-state index contributed by atoms with van der Waals surface area (Å²) in [6, 6.07) is 5.40. The predicted molar refractivity (Wildman–Crippen MR) is 75.1 cm³/mol. The van der Waals surface area contributed by atoms with Gasteiger partial charge in [-0.1, -0.05) is 37.6 Å². The van der Waals surface area contributed by atoms with Crippen LogP contribution in [0, 0.1) is 5.41 Å². The number of phenolic OH excluding ortho intramolecular Hbond substituents is 1. The lowest BCUT2D eigenvalue weighted by atomic mass is 9.89. The Bertz CT molecular complexity index is 380. The first-order valence-electron chi connectivity index (χ1n) is 6.12. The summed E-state index contributed by atoms with van der Waals surface area (Å²) in [6.07, 6.45) is 0.998. The van der Waals surface area contributed by atoms with Crippen molar-refractivity contribution in [2.24, 2.45) is 5.41 Å². The van der Waals surface area contributed by atoms with Crippen molar-refractivity contribution < 1.29 is 9.84 Å². The second kappa shape index (κ2) is 6.98. The minimum atomic E-state index is 0.168. The number of methoxy groups -OCH3 is 1. The van der Waals surface area contributed by atoms with E-state index in [-0.39, 0.29) is 11.2 Å². The third-order valence-electron chi connectivity index (χ3n) is 2.97. The van der Waals surface area contributed by atoms with Crippen molar-refractivity contribution in [1.82, 2.24) is 5.32 Å². The molecule has 3 nitrogen and oxygen atoms in total. The smallest absolute Gasteiger partial charge is 0.138 e. The molecule has 0 aliphatic heterocycles. The summed E-state index contributed by atoms with van der Waals surface area (Å²) in [5.41, 5.74) is 0.995. The van der Waals surface area contributed by atoms with Crippen LogP contribution in [-0.2, 0) is 11.3 Å². The fourth-order valence-corrected chi connectivity index (χ4v) is 1.90. The molecule has 0 saturated carbocycles. The fourth-order valence-electron chi connectivity index (χ4n) is 1.70. The van der Waals surface area contributed by atoms with Crippen LogP contribution >= 0.6 is 11.6 Å². The maximum Gasteiger partial charge on any atom is 0.138 e. The second-order valence-corrected chi connectivity index (χ2v) is 5.67. The van der Waals surface area contributed by atoms with E-state index in [1.54, 1.807) is 13.2 Å². The second-order valence-electron chi connectivity index (χ2n) is 5.26. The highest BCUT2D eigenvalue weighted by Gasteiger charge is 2.17. The van der Waals surface area contributed by atoms with E-state index in [0.29, 0.717) is 11.6 Å². The molecular formula is C14H22ClNO2. The van der Waals surface area contributed by atoms with Crippen LogP contribution in [0.5, 0.6) is 5.75 Å². The van der Waals surface area contributed by atoms with Crippen LogP contribution in [0.15, 0.2) is 18.2 Å². The molecule has 0 aliphatic rings. The quantitative estimate of drug-likeness (QED) is 0.800. The van der Waals surface area contributed by atoms with E-state index < -0.39 is 0 Å². The molecule has 4 heteroatoms. The Morgan fingerprint density at radius 3 is 2.78 bits per heavy atom. The van der Waals surface area contributed by atoms with Gasteiger partial charge in [0, 0.05) is 32.4 Å². The van der Waals surface area contributed by atoms with E-state index in [1.165, 1.54) is 0 Å². The summed E-state index contributed by atoms with van der Waals surface area (Å²) in [7, 11) is 1.72. The number of hydrogen-bond acceptors (Lipinski definition) is 3. The third-order valence-corrected chi connectivity index (χ3v) is 3.28. The molecule has 1 aromatic rings. The zero-order valence-electron chi connectivity index (χ0n) is 11.3. The number of nitrogens with one attached hydrogen (secondary N) is 1. The Hall–Kier alpha value is -0.770. The highest BCUT2D eigenvalue weighted by molar-refractivity contribution is 6.32. The number of aromatic hydroxyl groups is 1. The van der Waals surface area contributed by atoms with E-state index in [2.05, 4.69) is 19.2 Å². The molecule has 0 amide bonds. The van der Waals surface area contributed by atoms with E-state index in [1.807, 2.05) is 12.1 Å². The van der Waals surface area contributed by atoms with Crippen LogP contribution < -0.4 is 5.32 Å². The van der Waals surface area contributed by atoms with Crippen LogP contribution in [-0.4, -0.2) is 25.4 Å². The van der Waals surface area contributed by atoms with E-state index >= 15 is 0 Å². The first kappa shape index (κ1) is 15.3. The first-order chi connectivity index (χ1) is 8.46. The number of para-hydroxylation sites is 1. The van der Waals surface area contributed by atoms with Crippen LogP contribution in [0.25, 0.3) is 0 Å². The molecule has 0 unspecified atom stereocenters. The molecule has 2 N–H and O–H groups in total. The molecule has 0 fully saturated rings. The summed E-state index contributed by atoms with van der Waals surface area (Å²) in [6.45, 7) is 6.62. The van der Waals surface area contributed by atoms with Gasteiger partial charge in [0.05, 0.1) is 5.02 Å². The molecule has 0 heterocycles. The van der Waals surface area contributed by atoms with Gasteiger partial charge in [-0.05, 0) is 17.9 Å². The normalized spacial score (nSPS) is 11.8. The summed E-state index contributed by atoms with van der Waals surface area (Å²) in [5.74, 6) is 0.168. The van der Waals surface area contributed by atoms with E-state index in [4.69, 9.17) is 16.3 Å². The zero-order valence-corrected chi connectivity index (χ0v) is 12.0. The summed E-state index contributed by atoms with van der Waals surface area (Å²) in [5, 5.41) is 13.5. The molecule has 1 aromatic carbocycles. The molecule has 0 saturated heterocycles. The fraction of sp³-hybridized carbons (Fsp3) is 0.571. The molecule has 0 radical (unpaired) electrons. The lowest BCUT2D eigenvalue weighted by Gasteiger charge is -2.24. The molecule has 18 heavy (non-hydrogen) atoms. The zero-order chi connectivity index (χ0) is 13.6. The monoisotopic (exact) mass is 271 g/mol. The van der Waals surface area contributed by atoms with Crippen LogP contribution in [0.3, 0.4) is 0 Å². The largest absolute Gasteiger partial charge is 0.506 e. The number of hydrogen-bond donors (Lipinski definition) is 2. The van der Waals surface area contributed by atoms with Crippen molar-refractivity contribution in [2.45, 2.75) is 26.8 Å². The van der Waals surface area contributed by atoms with Gasteiger partial charge in [0.1, 0.15) is 5.75 Å². The number of halogens is 1. The summed E-state index contributed by atoms with van der Waals surface area (Å²) < 4.78 is 5.09. The minimum absolute atomic E-state index is 0.168. The van der Waals surface area contributed by atoms with Gasteiger partial charge in [-0.2, -0.15) is 0 Å². The maximum absolute atomic E-state index is 9.78. The topological polar surface area (TPSA) is 41.5 Å². The molecule has 0 aliphatic carbocycles. The van der Waals surface area contributed by atoms with E-state index in [9.17, 15) is 5.11 Å². The third kappa shape index (κ3) is 4.84. The Labute approximate surface area is 114 Å². The Morgan fingerprint density at radius 1 is 1.39 bits per heavy atom. The Kier molecular flexibility index (Phi) is 5.93. The average Bonchev–Trinajstić information content (AvgIpc) is 2.32. The van der Waals surface area contributed by atoms with Gasteiger partial charge in [0.2, 0.25) is 0 Å². The summed E-state index contributed by atoms with van der Waals surface area (Å²) in [4.78, 5) is 0. The van der Waals surface area contributed by atoms with Gasteiger partial charge in [-0.3, -0.25) is 0 Å². The maximum atomic E-state index is 9.78. The van der Waals surface area contributed by atoms with Gasteiger partial charge in [-0.25, -0.2) is 0 Å².